The molecule has 2 atom stereocenters. The van der Waals surface area contributed by atoms with Gasteiger partial charge in [-0.05, 0) is 36.6 Å². The second-order valence-corrected chi connectivity index (χ2v) is 7.45. The monoisotopic (exact) mass is 411 g/mol. The number of esters is 1. The lowest BCUT2D eigenvalue weighted by molar-refractivity contribution is -0.142. The number of β-lactam (4-membered cyclic amide) rings is 1. The van der Waals surface area contributed by atoms with E-state index in [9.17, 15) is 9.59 Å². The molecule has 0 N–H and O–H groups in total. The molecule has 0 aliphatic carbocycles. The van der Waals surface area contributed by atoms with E-state index in [1.807, 2.05) is 97.1 Å². The Kier molecular flexibility index (Phi) is 6.27. The molecule has 1 amide bonds. The van der Waals surface area contributed by atoms with Gasteiger partial charge in [0.2, 0.25) is 5.91 Å². The van der Waals surface area contributed by atoms with E-state index in [0.29, 0.717) is 12.0 Å². The van der Waals surface area contributed by atoms with Crippen LogP contribution >= 0.6 is 0 Å². The normalized spacial score (nSPS) is 18.4. The SMILES string of the molecule is CCOC(=O)/C(=C\Cc1ccccc1)[C@H]1C(=O)N(c2ccccc2)[C@@H]1c1ccccc1. The van der Waals surface area contributed by atoms with Gasteiger partial charge < -0.3 is 9.64 Å². The first-order chi connectivity index (χ1) is 15.2. The zero-order valence-corrected chi connectivity index (χ0v) is 17.5. The largest absolute Gasteiger partial charge is 0.463 e. The molecule has 4 rings (SSSR count). The van der Waals surface area contributed by atoms with Gasteiger partial charge in [-0.25, -0.2) is 4.79 Å². The quantitative estimate of drug-likeness (QED) is 0.308. The standard InChI is InChI=1S/C27H25NO3/c1-2-31-27(30)23(19-18-20-12-6-3-7-13-20)24-25(21-14-8-4-9-15-21)28(26(24)29)22-16-10-5-11-17-22/h3-17,19,24-25H,2,18H2,1H3/b23-19-/t24-,25-/m1/s1. The van der Waals surface area contributed by atoms with Crippen molar-refractivity contribution in [2.24, 2.45) is 5.92 Å². The van der Waals surface area contributed by atoms with Gasteiger partial charge in [-0.1, -0.05) is 84.9 Å². The highest BCUT2D eigenvalue weighted by atomic mass is 16.5. The van der Waals surface area contributed by atoms with Crippen molar-refractivity contribution in [2.45, 2.75) is 19.4 Å². The Morgan fingerprint density at radius 2 is 1.48 bits per heavy atom. The number of anilines is 1. The van der Waals surface area contributed by atoms with Crippen LogP contribution in [0.2, 0.25) is 0 Å². The van der Waals surface area contributed by atoms with Crippen molar-refractivity contribution in [1.82, 2.24) is 0 Å². The van der Waals surface area contributed by atoms with Gasteiger partial charge in [-0.2, -0.15) is 0 Å². The van der Waals surface area contributed by atoms with Crippen LogP contribution in [0.5, 0.6) is 0 Å². The molecule has 0 unspecified atom stereocenters. The van der Waals surface area contributed by atoms with Crippen LogP contribution in [0.1, 0.15) is 24.1 Å². The molecule has 0 bridgehead atoms. The van der Waals surface area contributed by atoms with Crippen molar-refractivity contribution in [3.8, 4) is 0 Å². The highest BCUT2D eigenvalue weighted by molar-refractivity contribution is 6.10. The lowest BCUT2D eigenvalue weighted by Crippen LogP contribution is -2.57. The molecule has 3 aromatic carbocycles. The fourth-order valence-electron chi connectivity index (χ4n) is 4.05. The van der Waals surface area contributed by atoms with Crippen LogP contribution in [0, 0.1) is 5.92 Å². The number of carbonyl (C=O) groups excluding carboxylic acids is 2. The number of allylic oxidation sites excluding steroid dienone is 1. The summed E-state index contributed by atoms with van der Waals surface area (Å²) in [5.74, 6) is -1.09. The fraction of sp³-hybridized carbons (Fsp3) is 0.185. The van der Waals surface area contributed by atoms with E-state index >= 15 is 0 Å². The molecular weight excluding hydrogens is 386 g/mol. The molecule has 0 aromatic heterocycles. The number of para-hydroxylation sites is 1. The number of rotatable bonds is 7. The highest BCUT2D eigenvalue weighted by Crippen LogP contribution is 2.47. The Morgan fingerprint density at radius 3 is 2.10 bits per heavy atom. The van der Waals surface area contributed by atoms with Crippen molar-refractivity contribution in [3.05, 3.63) is 114 Å². The third-order valence-electron chi connectivity index (χ3n) is 5.52. The summed E-state index contributed by atoms with van der Waals surface area (Å²) in [6, 6.07) is 29.1. The zero-order valence-electron chi connectivity index (χ0n) is 17.5. The van der Waals surface area contributed by atoms with E-state index in [1.165, 1.54) is 0 Å². The topological polar surface area (TPSA) is 46.6 Å². The summed E-state index contributed by atoms with van der Waals surface area (Å²) < 4.78 is 5.34. The average molecular weight is 412 g/mol. The van der Waals surface area contributed by atoms with Crippen molar-refractivity contribution in [2.75, 3.05) is 11.5 Å². The number of amides is 1. The van der Waals surface area contributed by atoms with Gasteiger partial charge in [0.15, 0.2) is 0 Å². The molecule has 4 heteroatoms. The molecule has 31 heavy (non-hydrogen) atoms. The van der Waals surface area contributed by atoms with Crippen molar-refractivity contribution < 1.29 is 14.3 Å². The molecule has 0 radical (unpaired) electrons. The molecule has 0 saturated carbocycles. The number of nitrogens with zero attached hydrogens (tertiary/aromatic N) is 1. The second-order valence-electron chi connectivity index (χ2n) is 7.45. The Labute approximate surface area is 182 Å². The summed E-state index contributed by atoms with van der Waals surface area (Å²) in [5, 5.41) is 0. The maximum Gasteiger partial charge on any atom is 0.334 e. The van der Waals surface area contributed by atoms with Gasteiger partial charge >= 0.3 is 5.97 Å². The molecule has 1 aliphatic rings. The highest BCUT2D eigenvalue weighted by Gasteiger charge is 2.52. The van der Waals surface area contributed by atoms with E-state index in [2.05, 4.69) is 0 Å². The molecule has 1 heterocycles. The van der Waals surface area contributed by atoms with E-state index in [-0.39, 0.29) is 18.6 Å². The number of carbonyl (C=O) groups is 2. The molecule has 3 aromatic rings. The van der Waals surface area contributed by atoms with Crippen molar-refractivity contribution in [3.63, 3.8) is 0 Å². The number of hydrogen-bond donors (Lipinski definition) is 0. The van der Waals surface area contributed by atoms with Gasteiger partial charge in [0.05, 0.1) is 18.6 Å². The fourth-order valence-corrected chi connectivity index (χ4v) is 4.05. The summed E-state index contributed by atoms with van der Waals surface area (Å²) >= 11 is 0. The van der Waals surface area contributed by atoms with Crippen LogP contribution in [-0.2, 0) is 20.7 Å². The van der Waals surface area contributed by atoms with Crippen LogP contribution in [0.15, 0.2) is 103 Å². The van der Waals surface area contributed by atoms with Gasteiger partial charge in [-0.15, -0.1) is 0 Å². The first-order valence-corrected chi connectivity index (χ1v) is 10.5. The van der Waals surface area contributed by atoms with E-state index in [0.717, 1.165) is 16.8 Å². The van der Waals surface area contributed by atoms with Gasteiger partial charge in [-0.3, -0.25) is 4.79 Å². The van der Waals surface area contributed by atoms with E-state index in [4.69, 9.17) is 4.74 Å². The van der Waals surface area contributed by atoms with Crippen LogP contribution in [0.25, 0.3) is 0 Å². The predicted molar refractivity (Wildman–Crippen MR) is 121 cm³/mol. The lowest BCUT2D eigenvalue weighted by atomic mass is 9.76. The van der Waals surface area contributed by atoms with Gasteiger partial charge in [0, 0.05) is 11.3 Å². The minimum Gasteiger partial charge on any atom is -0.463 e. The molecule has 1 fully saturated rings. The first-order valence-electron chi connectivity index (χ1n) is 10.5. The Morgan fingerprint density at radius 1 is 0.903 bits per heavy atom. The Bertz CT molecular complexity index is 1060. The number of hydrogen-bond acceptors (Lipinski definition) is 3. The lowest BCUT2D eigenvalue weighted by Gasteiger charge is -2.48. The minimum absolute atomic E-state index is 0.0904. The molecule has 1 aliphatic heterocycles. The maximum atomic E-state index is 13.4. The van der Waals surface area contributed by atoms with Crippen LogP contribution in [0.4, 0.5) is 5.69 Å². The van der Waals surface area contributed by atoms with E-state index in [1.54, 1.807) is 11.8 Å². The summed E-state index contributed by atoms with van der Waals surface area (Å²) in [6.07, 6.45) is 2.42. The molecule has 156 valence electrons. The minimum atomic E-state index is -0.578. The van der Waals surface area contributed by atoms with Crippen molar-refractivity contribution in [1.29, 1.82) is 0 Å². The number of ether oxygens (including phenoxy) is 1. The third kappa shape index (κ3) is 4.29. The van der Waals surface area contributed by atoms with E-state index < -0.39 is 11.9 Å². The Hall–Kier alpha value is -3.66. The molecule has 4 nitrogen and oxygen atoms in total. The summed E-state index contributed by atoms with van der Waals surface area (Å²) in [6.45, 7) is 2.04. The number of benzene rings is 3. The summed E-state index contributed by atoms with van der Waals surface area (Å²) in [7, 11) is 0. The zero-order chi connectivity index (χ0) is 21.6. The van der Waals surface area contributed by atoms with Gasteiger partial charge in [0.25, 0.3) is 0 Å². The second kappa shape index (κ2) is 9.43. The smallest absolute Gasteiger partial charge is 0.334 e. The maximum absolute atomic E-state index is 13.4. The summed E-state index contributed by atoms with van der Waals surface area (Å²) in [5.41, 5.74) is 3.32. The summed E-state index contributed by atoms with van der Waals surface area (Å²) in [4.78, 5) is 28.1. The third-order valence-corrected chi connectivity index (χ3v) is 5.52. The van der Waals surface area contributed by atoms with Crippen LogP contribution < -0.4 is 4.90 Å². The molecular formula is C27H25NO3. The predicted octanol–water partition coefficient (Wildman–Crippen LogP) is 5.12. The average Bonchev–Trinajstić information content (AvgIpc) is 2.81. The first kappa shape index (κ1) is 20.6. The van der Waals surface area contributed by atoms with Gasteiger partial charge in [0.1, 0.15) is 0 Å². The van der Waals surface area contributed by atoms with Crippen LogP contribution in [-0.4, -0.2) is 18.5 Å². The van der Waals surface area contributed by atoms with Crippen molar-refractivity contribution >= 4 is 17.6 Å². The molecule has 1 saturated heterocycles. The molecule has 0 spiro atoms. The van der Waals surface area contributed by atoms with Crippen LogP contribution in [0.3, 0.4) is 0 Å². The Balaban J connectivity index is 1.73.